The van der Waals surface area contributed by atoms with Gasteiger partial charge in [-0.1, -0.05) is 12.2 Å². The van der Waals surface area contributed by atoms with Crippen molar-refractivity contribution in [2.45, 2.75) is 11.1 Å². The van der Waals surface area contributed by atoms with Gasteiger partial charge in [0.25, 0.3) is 10.0 Å². The first-order chi connectivity index (χ1) is 9.89. The molecule has 1 atom stereocenters. The van der Waals surface area contributed by atoms with Crippen LogP contribution >= 0.6 is 0 Å². The number of benzene rings is 1. The van der Waals surface area contributed by atoms with Crippen LogP contribution in [0.1, 0.15) is 0 Å². The van der Waals surface area contributed by atoms with Crippen molar-refractivity contribution >= 4 is 27.0 Å². The van der Waals surface area contributed by atoms with Crippen LogP contribution in [-0.2, 0) is 14.8 Å². The summed E-state index contributed by atoms with van der Waals surface area (Å²) in [6.07, 6.45) is 2.75. The van der Waals surface area contributed by atoms with Gasteiger partial charge in [-0.2, -0.15) is 4.31 Å². The van der Waals surface area contributed by atoms with E-state index in [0.717, 1.165) is 16.4 Å². The molecule has 1 aliphatic heterocycles. The van der Waals surface area contributed by atoms with Crippen molar-refractivity contribution in [1.82, 2.24) is 4.31 Å². The third-order valence-electron chi connectivity index (χ3n) is 3.19. The maximum Gasteiger partial charge on any atom is 0.326 e. The number of carboxylic acid groups (broad SMARTS) is 1. The fraction of sp³-hybridized carbons (Fsp3) is 0.154. The van der Waals surface area contributed by atoms with Gasteiger partial charge in [-0.25, -0.2) is 12.8 Å². The third-order valence-corrected chi connectivity index (χ3v) is 4.89. The van der Waals surface area contributed by atoms with E-state index in [0.29, 0.717) is 5.39 Å². The second kappa shape index (κ2) is 4.68. The molecule has 6 nitrogen and oxygen atoms in total. The van der Waals surface area contributed by atoms with Crippen LogP contribution in [0.25, 0.3) is 11.0 Å². The van der Waals surface area contributed by atoms with Crippen LogP contribution in [0, 0.1) is 5.82 Å². The van der Waals surface area contributed by atoms with Gasteiger partial charge in [0.05, 0.1) is 0 Å². The Balaban J connectivity index is 2.06. The molecule has 0 bridgehead atoms. The molecular formula is C13H10FNO5S. The highest BCUT2D eigenvalue weighted by atomic mass is 32.2. The Labute approximate surface area is 119 Å². The number of fused-ring (bicyclic) bond motifs is 1. The van der Waals surface area contributed by atoms with Crippen molar-refractivity contribution in [2.75, 3.05) is 6.54 Å². The average molecular weight is 311 g/mol. The fourth-order valence-corrected chi connectivity index (χ4v) is 3.63. The topological polar surface area (TPSA) is 87.8 Å². The summed E-state index contributed by atoms with van der Waals surface area (Å²) in [5, 5.41) is 8.93. The van der Waals surface area contributed by atoms with Gasteiger partial charge in [0, 0.05) is 18.0 Å². The number of furan rings is 1. The van der Waals surface area contributed by atoms with Crippen LogP contribution in [0.5, 0.6) is 0 Å². The molecule has 2 heterocycles. The highest BCUT2D eigenvalue weighted by Gasteiger charge is 2.38. The van der Waals surface area contributed by atoms with Gasteiger partial charge in [-0.15, -0.1) is 0 Å². The van der Waals surface area contributed by atoms with Gasteiger partial charge >= 0.3 is 5.97 Å². The zero-order valence-electron chi connectivity index (χ0n) is 10.6. The van der Waals surface area contributed by atoms with Crippen LogP contribution in [-0.4, -0.2) is 36.4 Å². The maximum atomic E-state index is 13.1. The number of carbonyl (C=O) groups is 1. The Bertz CT molecular complexity index is 855. The van der Waals surface area contributed by atoms with E-state index in [9.17, 15) is 17.6 Å². The van der Waals surface area contributed by atoms with Crippen LogP contribution in [0.3, 0.4) is 0 Å². The summed E-state index contributed by atoms with van der Waals surface area (Å²) >= 11 is 0. The highest BCUT2D eigenvalue weighted by Crippen LogP contribution is 2.28. The van der Waals surface area contributed by atoms with E-state index in [4.69, 9.17) is 9.52 Å². The van der Waals surface area contributed by atoms with Crippen LogP contribution in [0.4, 0.5) is 4.39 Å². The largest absolute Gasteiger partial charge is 0.480 e. The van der Waals surface area contributed by atoms with Crippen molar-refractivity contribution in [3.8, 4) is 0 Å². The Hall–Kier alpha value is -2.19. The Morgan fingerprint density at radius 3 is 2.86 bits per heavy atom. The number of rotatable bonds is 3. The molecule has 0 saturated heterocycles. The van der Waals surface area contributed by atoms with Crippen molar-refractivity contribution in [1.29, 1.82) is 0 Å². The number of hydrogen-bond acceptors (Lipinski definition) is 4. The maximum absolute atomic E-state index is 13.1. The lowest BCUT2D eigenvalue weighted by atomic mass is 10.2. The first kappa shape index (κ1) is 13.8. The van der Waals surface area contributed by atoms with E-state index < -0.39 is 32.9 Å². The highest BCUT2D eigenvalue weighted by molar-refractivity contribution is 7.89. The standard InChI is InChI=1S/C13H10FNO5S/c14-9-3-4-11-8(6-9)7-12(20-11)21(18,19)15-5-1-2-10(15)13(16)17/h1-4,6-7,10H,5H2,(H,16,17)/t10-/m0/s1. The van der Waals surface area contributed by atoms with Gasteiger partial charge in [-0.3, -0.25) is 4.79 Å². The molecule has 1 N–H and O–H groups in total. The quantitative estimate of drug-likeness (QED) is 0.870. The van der Waals surface area contributed by atoms with E-state index >= 15 is 0 Å². The summed E-state index contributed by atoms with van der Waals surface area (Å²) < 4.78 is 44.0. The molecular weight excluding hydrogens is 301 g/mol. The van der Waals surface area contributed by atoms with E-state index in [1.807, 2.05) is 0 Å². The normalized spacial score (nSPS) is 19.4. The fourth-order valence-electron chi connectivity index (χ4n) is 2.19. The van der Waals surface area contributed by atoms with E-state index in [1.54, 1.807) is 0 Å². The minimum atomic E-state index is -4.11. The molecule has 0 radical (unpaired) electrons. The lowest BCUT2D eigenvalue weighted by molar-refractivity contribution is -0.139. The summed E-state index contributed by atoms with van der Waals surface area (Å²) in [5.41, 5.74) is 0.217. The van der Waals surface area contributed by atoms with Gasteiger partial charge < -0.3 is 9.52 Å². The molecule has 0 unspecified atom stereocenters. The molecule has 3 rings (SSSR count). The monoisotopic (exact) mass is 311 g/mol. The molecule has 0 fully saturated rings. The lowest BCUT2D eigenvalue weighted by Crippen LogP contribution is -2.40. The number of halogens is 1. The summed E-state index contributed by atoms with van der Waals surface area (Å²) in [6, 6.07) is 3.54. The summed E-state index contributed by atoms with van der Waals surface area (Å²) in [6.45, 7) is -0.0509. The second-order valence-corrected chi connectivity index (χ2v) is 6.36. The molecule has 2 aromatic rings. The molecule has 8 heteroatoms. The number of carboxylic acids is 1. The first-order valence-electron chi connectivity index (χ1n) is 6.00. The summed E-state index contributed by atoms with van der Waals surface area (Å²) in [4.78, 5) is 11.1. The predicted molar refractivity (Wildman–Crippen MR) is 70.6 cm³/mol. The molecule has 1 aromatic carbocycles. The lowest BCUT2D eigenvalue weighted by Gasteiger charge is -2.19. The minimum absolute atomic E-state index is 0.0509. The SMILES string of the molecule is O=C(O)[C@@H]1C=CCN1S(=O)(=O)c1cc2cc(F)ccc2o1. The average Bonchev–Trinajstić information content (AvgIpc) is 3.04. The molecule has 0 amide bonds. The molecule has 0 spiro atoms. The number of nitrogens with zero attached hydrogens (tertiary/aromatic N) is 1. The van der Waals surface area contributed by atoms with Crippen molar-refractivity contribution in [3.63, 3.8) is 0 Å². The molecule has 0 aliphatic carbocycles. The van der Waals surface area contributed by atoms with E-state index in [2.05, 4.69) is 0 Å². The molecule has 1 aromatic heterocycles. The molecule has 110 valence electrons. The molecule has 0 saturated carbocycles. The van der Waals surface area contributed by atoms with Gasteiger partial charge in [-0.05, 0) is 18.2 Å². The van der Waals surface area contributed by atoms with Gasteiger partial charge in [0.15, 0.2) is 0 Å². The van der Waals surface area contributed by atoms with Crippen molar-refractivity contribution in [3.05, 3.63) is 42.2 Å². The zero-order chi connectivity index (χ0) is 15.2. The van der Waals surface area contributed by atoms with Crippen molar-refractivity contribution < 1.29 is 27.1 Å². The first-order valence-corrected chi connectivity index (χ1v) is 7.44. The molecule has 1 aliphatic rings. The van der Waals surface area contributed by atoms with Crippen molar-refractivity contribution in [2.24, 2.45) is 0 Å². The smallest absolute Gasteiger partial charge is 0.326 e. The summed E-state index contributed by atoms with van der Waals surface area (Å²) in [7, 11) is -4.11. The van der Waals surface area contributed by atoms with Crippen LogP contribution < -0.4 is 0 Å². The second-order valence-electron chi connectivity index (χ2n) is 4.53. The zero-order valence-corrected chi connectivity index (χ0v) is 11.4. The predicted octanol–water partition coefficient (Wildman–Crippen LogP) is 1.59. The Morgan fingerprint density at radius 1 is 1.38 bits per heavy atom. The Morgan fingerprint density at radius 2 is 2.14 bits per heavy atom. The van der Waals surface area contributed by atoms with Crippen LogP contribution in [0.15, 0.2) is 45.9 Å². The Kier molecular flexibility index (Phi) is 3.07. The van der Waals surface area contributed by atoms with Crippen LogP contribution in [0.2, 0.25) is 0 Å². The van der Waals surface area contributed by atoms with Gasteiger partial charge in [0.1, 0.15) is 17.4 Å². The van der Waals surface area contributed by atoms with E-state index in [1.165, 1.54) is 24.3 Å². The third kappa shape index (κ3) is 2.22. The van der Waals surface area contributed by atoms with E-state index in [-0.39, 0.29) is 12.1 Å². The number of hydrogen-bond donors (Lipinski definition) is 1. The summed E-state index contributed by atoms with van der Waals surface area (Å²) in [5.74, 6) is -1.78. The molecule has 21 heavy (non-hydrogen) atoms. The minimum Gasteiger partial charge on any atom is -0.480 e. The number of sulfonamides is 1. The van der Waals surface area contributed by atoms with Gasteiger partial charge in [0.2, 0.25) is 5.09 Å². The number of aliphatic carboxylic acids is 1.